The first kappa shape index (κ1) is 30.5. The van der Waals surface area contributed by atoms with Crippen LogP contribution in [0.3, 0.4) is 0 Å². The Hall–Kier alpha value is -0.563. The topological polar surface area (TPSA) is 0 Å². The van der Waals surface area contributed by atoms with Gasteiger partial charge in [-0.15, -0.1) is 0 Å². The van der Waals surface area contributed by atoms with Crippen LogP contribution in [0.2, 0.25) is 12.1 Å². The molecule has 1 heteroatoms. The molecule has 0 radical (unpaired) electrons. The van der Waals surface area contributed by atoms with E-state index in [1.54, 1.807) is 17.7 Å². The standard InChI is InChI=1S/C32H60Si/c1-4-7-10-12-14-16-18-24-29-33(30-25-19-17-15-13-11-8-5-2)32(28-21-9-6-3)31-26-22-20-23-27-31/h20,22-23,26-27,32-33H,4-19,21,24-25,28-30H2,1-3H3. The average Bonchev–Trinajstić information content (AvgIpc) is 2.84. The van der Waals surface area contributed by atoms with Crippen molar-refractivity contribution >= 4 is 8.80 Å². The van der Waals surface area contributed by atoms with E-state index in [9.17, 15) is 0 Å². The molecule has 1 aromatic rings. The highest BCUT2D eigenvalue weighted by molar-refractivity contribution is 6.60. The van der Waals surface area contributed by atoms with Gasteiger partial charge in [-0.2, -0.15) is 0 Å². The van der Waals surface area contributed by atoms with E-state index < -0.39 is 8.80 Å². The van der Waals surface area contributed by atoms with Crippen LogP contribution in [0.1, 0.15) is 160 Å². The van der Waals surface area contributed by atoms with Crippen LogP contribution >= 0.6 is 0 Å². The Balaban J connectivity index is 2.53. The van der Waals surface area contributed by atoms with Gasteiger partial charge in [0.15, 0.2) is 0 Å². The maximum atomic E-state index is 2.46. The van der Waals surface area contributed by atoms with E-state index in [2.05, 4.69) is 51.1 Å². The van der Waals surface area contributed by atoms with Crippen molar-refractivity contribution in [3.05, 3.63) is 35.9 Å². The van der Waals surface area contributed by atoms with Crippen LogP contribution in [-0.4, -0.2) is 8.80 Å². The lowest BCUT2D eigenvalue weighted by atomic mass is 10.1. The van der Waals surface area contributed by atoms with E-state index in [0.29, 0.717) is 0 Å². The number of hydrogen-bond acceptors (Lipinski definition) is 0. The Morgan fingerprint density at radius 3 is 1.33 bits per heavy atom. The number of benzene rings is 1. The Morgan fingerprint density at radius 1 is 0.485 bits per heavy atom. The van der Waals surface area contributed by atoms with Gasteiger partial charge in [0.1, 0.15) is 0 Å². The van der Waals surface area contributed by atoms with E-state index in [1.807, 2.05) is 0 Å². The molecule has 33 heavy (non-hydrogen) atoms. The highest BCUT2D eigenvalue weighted by Crippen LogP contribution is 2.32. The predicted octanol–water partition coefficient (Wildman–Crippen LogP) is 11.4. The summed E-state index contributed by atoms with van der Waals surface area (Å²) in [5.41, 5.74) is 2.61. The van der Waals surface area contributed by atoms with Crippen molar-refractivity contribution in [1.29, 1.82) is 0 Å². The Kier molecular flexibility index (Phi) is 21.4. The van der Waals surface area contributed by atoms with Crippen LogP contribution in [0.4, 0.5) is 0 Å². The minimum atomic E-state index is -0.758. The minimum Gasteiger partial charge on any atom is -0.0654 e. The quantitative estimate of drug-likeness (QED) is 0.104. The Morgan fingerprint density at radius 2 is 0.879 bits per heavy atom. The fourth-order valence-corrected chi connectivity index (χ4v) is 9.81. The van der Waals surface area contributed by atoms with Crippen molar-refractivity contribution < 1.29 is 0 Å². The molecule has 0 N–H and O–H groups in total. The highest BCUT2D eigenvalue weighted by atomic mass is 28.3. The summed E-state index contributed by atoms with van der Waals surface area (Å²) in [6.45, 7) is 7.00. The summed E-state index contributed by atoms with van der Waals surface area (Å²) in [7, 11) is -0.758. The van der Waals surface area contributed by atoms with Gasteiger partial charge in [-0.3, -0.25) is 0 Å². The van der Waals surface area contributed by atoms with Gasteiger partial charge >= 0.3 is 0 Å². The van der Waals surface area contributed by atoms with E-state index in [4.69, 9.17) is 0 Å². The molecule has 1 rings (SSSR count). The molecule has 0 saturated heterocycles. The van der Waals surface area contributed by atoms with E-state index in [1.165, 1.54) is 128 Å². The van der Waals surface area contributed by atoms with Crippen molar-refractivity contribution in [3.8, 4) is 0 Å². The van der Waals surface area contributed by atoms with Crippen LogP contribution in [-0.2, 0) is 0 Å². The Bertz CT molecular complexity index is 476. The van der Waals surface area contributed by atoms with Crippen molar-refractivity contribution in [1.82, 2.24) is 0 Å². The molecule has 0 spiro atoms. The van der Waals surface area contributed by atoms with Gasteiger partial charge in [0, 0.05) is 8.80 Å². The van der Waals surface area contributed by atoms with Crippen molar-refractivity contribution in [2.24, 2.45) is 0 Å². The summed E-state index contributed by atoms with van der Waals surface area (Å²) in [5, 5.41) is 0. The van der Waals surface area contributed by atoms with Gasteiger partial charge in [0.2, 0.25) is 0 Å². The van der Waals surface area contributed by atoms with Crippen LogP contribution in [0.25, 0.3) is 0 Å². The van der Waals surface area contributed by atoms with E-state index >= 15 is 0 Å². The van der Waals surface area contributed by atoms with Gasteiger partial charge < -0.3 is 0 Å². The van der Waals surface area contributed by atoms with Gasteiger partial charge in [-0.1, -0.05) is 185 Å². The third kappa shape index (κ3) is 16.7. The summed E-state index contributed by atoms with van der Waals surface area (Å²) >= 11 is 0. The second-order valence-electron chi connectivity index (χ2n) is 10.8. The lowest BCUT2D eigenvalue weighted by Gasteiger charge is -2.27. The van der Waals surface area contributed by atoms with Crippen LogP contribution < -0.4 is 0 Å². The van der Waals surface area contributed by atoms with Gasteiger partial charge in [-0.25, -0.2) is 0 Å². The van der Waals surface area contributed by atoms with Crippen molar-refractivity contribution in [3.63, 3.8) is 0 Å². The van der Waals surface area contributed by atoms with Gasteiger partial charge in [0.25, 0.3) is 0 Å². The largest absolute Gasteiger partial charge is 0.0654 e. The monoisotopic (exact) mass is 472 g/mol. The SMILES string of the molecule is CCCCCCCCCC[SiH](CCCCCCCCCC)C(CCCCC)c1ccccc1. The van der Waals surface area contributed by atoms with Gasteiger partial charge in [-0.05, 0) is 17.5 Å². The molecule has 0 aliphatic rings. The lowest BCUT2D eigenvalue weighted by molar-refractivity contribution is 0.577. The normalized spacial score (nSPS) is 12.5. The summed E-state index contributed by atoms with van der Waals surface area (Å²) in [6.07, 6.45) is 29.0. The molecule has 0 nitrogen and oxygen atoms in total. The molecule has 192 valence electrons. The molecule has 0 bridgehead atoms. The summed E-state index contributed by atoms with van der Waals surface area (Å²) in [4.78, 5) is 0. The number of hydrogen-bond donors (Lipinski definition) is 0. The zero-order valence-electron chi connectivity index (χ0n) is 23.1. The molecule has 0 fully saturated rings. The minimum absolute atomic E-state index is 0.758. The second kappa shape index (κ2) is 23.2. The van der Waals surface area contributed by atoms with Crippen molar-refractivity contribution in [2.45, 2.75) is 167 Å². The first-order chi connectivity index (χ1) is 16.3. The first-order valence-corrected chi connectivity index (χ1v) is 17.7. The summed E-state index contributed by atoms with van der Waals surface area (Å²) < 4.78 is 0. The zero-order chi connectivity index (χ0) is 23.8. The predicted molar refractivity (Wildman–Crippen MR) is 155 cm³/mol. The average molecular weight is 473 g/mol. The summed E-state index contributed by atoms with van der Waals surface area (Å²) in [6, 6.07) is 14.9. The fraction of sp³-hybridized carbons (Fsp3) is 0.812. The van der Waals surface area contributed by atoms with E-state index in [0.717, 1.165) is 5.54 Å². The molecule has 0 heterocycles. The fourth-order valence-electron chi connectivity index (χ4n) is 5.62. The van der Waals surface area contributed by atoms with Gasteiger partial charge in [0.05, 0.1) is 0 Å². The molecular weight excluding hydrogens is 412 g/mol. The van der Waals surface area contributed by atoms with E-state index in [-0.39, 0.29) is 0 Å². The third-order valence-electron chi connectivity index (χ3n) is 7.77. The maximum absolute atomic E-state index is 2.46. The molecule has 0 aliphatic carbocycles. The van der Waals surface area contributed by atoms with Crippen molar-refractivity contribution in [2.75, 3.05) is 0 Å². The lowest BCUT2D eigenvalue weighted by Crippen LogP contribution is -2.24. The van der Waals surface area contributed by atoms with Crippen LogP contribution in [0, 0.1) is 0 Å². The molecule has 1 atom stereocenters. The molecule has 0 aromatic heterocycles. The molecular formula is C32H60Si. The smallest absolute Gasteiger partial charge is 0.0449 e. The van der Waals surface area contributed by atoms with Crippen LogP contribution in [0.5, 0.6) is 0 Å². The second-order valence-corrected chi connectivity index (χ2v) is 14.3. The maximum Gasteiger partial charge on any atom is 0.0449 e. The zero-order valence-corrected chi connectivity index (χ0v) is 24.3. The Labute approximate surface area is 211 Å². The molecule has 1 unspecified atom stereocenters. The van der Waals surface area contributed by atoms with Crippen LogP contribution in [0.15, 0.2) is 30.3 Å². The third-order valence-corrected chi connectivity index (χ3v) is 11.9. The highest BCUT2D eigenvalue weighted by Gasteiger charge is 2.23. The number of rotatable bonds is 24. The molecule has 0 amide bonds. The molecule has 0 aliphatic heterocycles. The molecule has 1 aromatic carbocycles. The number of unbranched alkanes of at least 4 members (excludes halogenated alkanes) is 16. The summed E-state index contributed by atoms with van der Waals surface area (Å²) in [5.74, 6) is 0. The first-order valence-electron chi connectivity index (χ1n) is 15.4. The molecule has 0 saturated carbocycles.